The summed E-state index contributed by atoms with van der Waals surface area (Å²) in [6, 6.07) is 12.0. The van der Waals surface area contributed by atoms with E-state index in [1.807, 2.05) is 0 Å². The summed E-state index contributed by atoms with van der Waals surface area (Å²) in [6.07, 6.45) is 1.16. The Balaban J connectivity index is 1.73. The number of anilines is 2. The largest absolute Gasteiger partial charge is 0.481 e. The molecule has 1 amide bonds. The first-order valence-corrected chi connectivity index (χ1v) is 9.81. The van der Waals surface area contributed by atoms with Crippen molar-refractivity contribution in [3.8, 4) is 5.88 Å². The Morgan fingerprint density at radius 3 is 2.50 bits per heavy atom. The number of non-ortho nitro benzene ring substituents is 1. The smallest absolute Gasteiger partial charge is 0.270 e. The molecule has 0 atom stereocenters. The molecule has 0 aliphatic heterocycles. The number of ether oxygens (including phenoxy) is 1. The summed E-state index contributed by atoms with van der Waals surface area (Å²) in [5.41, 5.74) is 0.200. The van der Waals surface area contributed by atoms with Crippen LogP contribution in [0.2, 0.25) is 0 Å². The number of rotatable bonds is 7. The standard InChI is InChI=1S/C18H15N5O6S/c1-29-17-10-16(19-11-20-17)22-30(27,28)15-7-5-13(6-8-15)21-18(24)12-3-2-4-14(9-12)23(25)26/h2-11H,1H3,(H,21,24)(H,19,20,22). The molecular formula is C18H15N5O6S. The number of hydrogen-bond donors (Lipinski definition) is 2. The van der Waals surface area contributed by atoms with Gasteiger partial charge in [0.1, 0.15) is 12.1 Å². The van der Waals surface area contributed by atoms with Crippen LogP contribution in [0.15, 0.2) is 65.8 Å². The Labute approximate surface area is 171 Å². The average Bonchev–Trinajstić information content (AvgIpc) is 2.74. The summed E-state index contributed by atoms with van der Waals surface area (Å²) in [7, 11) is -2.54. The van der Waals surface area contributed by atoms with Crippen molar-refractivity contribution in [3.05, 3.63) is 76.6 Å². The van der Waals surface area contributed by atoms with Crippen LogP contribution in [0.1, 0.15) is 10.4 Å². The summed E-state index contributed by atoms with van der Waals surface area (Å²) in [5, 5.41) is 13.4. The van der Waals surface area contributed by atoms with Gasteiger partial charge in [-0.2, -0.15) is 0 Å². The minimum atomic E-state index is -3.93. The molecular weight excluding hydrogens is 414 g/mol. The number of hydrogen-bond acceptors (Lipinski definition) is 8. The molecule has 0 aliphatic rings. The van der Waals surface area contributed by atoms with Gasteiger partial charge >= 0.3 is 0 Å². The zero-order valence-electron chi connectivity index (χ0n) is 15.5. The minimum Gasteiger partial charge on any atom is -0.481 e. The van der Waals surface area contributed by atoms with Crippen molar-refractivity contribution in [1.29, 1.82) is 0 Å². The van der Waals surface area contributed by atoms with Crippen molar-refractivity contribution in [2.75, 3.05) is 17.1 Å². The lowest BCUT2D eigenvalue weighted by atomic mass is 10.2. The molecule has 0 bridgehead atoms. The van der Waals surface area contributed by atoms with Gasteiger partial charge in [0.2, 0.25) is 5.88 Å². The second kappa shape index (κ2) is 8.53. The van der Waals surface area contributed by atoms with Gasteiger partial charge in [-0.15, -0.1) is 0 Å². The van der Waals surface area contributed by atoms with Crippen molar-refractivity contribution >= 4 is 33.1 Å². The van der Waals surface area contributed by atoms with E-state index in [9.17, 15) is 23.3 Å². The van der Waals surface area contributed by atoms with E-state index >= 15 is 0 Å². The molecule has 3 rings (SSSR count). The maximum atomic E-state index is 12.5. The van der Waals surface area contributed by atoms with Gasteiger partial charge in [-0.3, -0.25) is 19.6 Å². The number of carbonyl (C=O) groups excluding carboxylic acids is 1. The minimum absolute atomic E-state index is 0.0323. The second-order valence-electron chi connectivity index (χ2n) is 5.84. The lowest BCUT2D eigenvalue weighted by molar-refractivity contribution is -0.384. The number of nitrogens with zero attached hydrogens (tertiary/aromatic N) is 3. The Morgan fingerprint density at radius 2 is 1.83 bits per heavy atom. The van der Waals surface area contributed by atoms with Crippen LogP contribution in [0.25, 0.3) is 0 Å². The Morgan fingerprint density at radius 1 is 1.10 bits per heavy atom. The number of nitro groups is 1. The van der Waals surface area contributed by atoms with E-state index in [-0.39, 0.29) is 27.8 Å². The van der Waals surface area contributed by atoms with Gasteiger partial charge in [0.25, 0.3) is 21.6 Å². The lowest BCUT2D eigenvalue weighted by Gasteiger charge is -2.09. The van der Waals surface area contributed by atoms with E-state index in [4.69, 9.17) is 4.74 Å². The Bertz CT molecular complexity index is 1200. The molecule has 3 aromatic rings. The predicted octanol–water partition coefficient (Wildman–Crippen LogP) is 2.45. The molecule has 154 valence electrons. The number of amides is 1. The number of benzene rings is 2. The monoisotopic (exact) mass is 429 g/mol. The fourth-order valence-electron chi connectivity index (χ4n) is 2.38. The SMILES string of the molecule is COc1cc(NS(=O)(=O)c2ccc(NC(=O)c3cccc([N+](=O)[O-])c3)cc2)ncn1. The molecule has 0 unspecified atom stereocenters. The van der Waals surface area contributed by atoms with E-state index in [0.29, 0.717) is 5.69 Å². The first-order valence-electron chi connectivity index (χ1n) is 8.33. The summed E-state index contributed by atoms with van der Waals surface area (Å²) >= 11 is 0. The molecule has 1 heterocycles. The molecule has 0 saturated heterocycles. The van der Waals surface area contributed by atoms with E-state index in [2.05, 4.69) is 20.0 Å². The average molecular weight is 429 g/mol. The molecule has 12 heteroatoms. The molecule has 2 aromatic carbocycles. The fourth-order valence-corrected chi connectivity index (χ4v) is 3.38. The Hall–Kier alpha value is -4.06. The van der Waals surface area contributed by atoms with Gasteiger partial charge < -0.3 is 10.1 Å². The number of methoxy groups -OCH3 is 1. The fraction of sp³-hybridized carbons (Fsp3) is 0.0556. The number of sulfonamides is 1. The third kappa shape index (κ3) is 4.86. The quantitative estimate of drug-likeness (QED) is 0.429. The summed E-state index contributed by atoms with van der Waals surface area (Å²) < 4.78 is 32.2. The number of nitro benzene ring substituents is 1. The molecule has 2 N–H and O–H groups in total. The summed E-state index contributed by atoms with van der Waals surface area (Å²) in [4.78, 5) is 30.1. The molecule has 0 aliphatic carbocycles. The topological polar surface area (TPSA) is 153 Å². The van der Waals surface area contributed by atoms with Gasteiger partial charge in [0.05, 0.1) is 16.9 Å². The molecule has 0 fully saturated rings. The Kier molecular flexibility index (Phi) is 5.88. The van der Waals surface area contributed by atoms with Gasteiger partial charge in [-0.25, -0.2) is 18.4 Å². The first-order chi connectivity index (χ1) is 14.3. The number of nitrogens with one attached hydrogen (secondary N) is 2. The van der Waals surface area contributed by atoms with Crippen LogP contribution < -0.4 is 14.8 Å². The molecule has 11 nitrogen and oxygen atoms in total. The predicted molar refractivity (Wildman–Crippen MR) is 107 cm³/mol. The van der Waals surface area contributed by atoms with Crippen molar-refractivity contribution in [3.63, 3.8) is 0 Å². The van der Waals surface area contributed by atoms with E-state index in [0.717, 1.165) is 12.4 Å². The first kappa shape index (κ1) is 20.7. The number of carbonyl (C=O) groups is 1. The van der Waals surface area contributed by atoms with E-state index < -0.39 is 20.9 Å². The van der Waals surface area contributed by atoms with Gasteiger partial charge in [-0.05, 0) is 30.3 Å². The van der Waals surface area contributed by atoms with Crippen LogP contribution >= 0.6 is 0 Å². The molecule has 0 spiro atoms. The van der Waals surface area contributed by atoms with Gasteiger partial charge in [0.15, 0.2) is 0 Å². The highest BCUT2D eigenvalue weighted by Gasteiger charge is 2.16. The lowest BCUT2D eigenvalue weighted by Crippen LogP contribution is -2.15. The highest BCUT2D eigenvalue weighted by Crippen LogP contribution is 2.20. The van der Waals surface area contributed by atoms with Crippen LogP contribution in [0.3, 0.4) is 0 Å². The zero-order chi connectivity index (χ0) is 21.7. The van der Waals surface area contributed by atoms with E-state index in [1.165, 1.54) is 55.6 Å². The van der Waals surface area contributed by atoms with Crippen LogP contribution in [0, 0.1) is 10.1 Å². The van der Waals surface area contributed by atoms with Crippen molar-refractivity contribution in [2.45, 2.75) is 4.90 Å². The van der Waals surface area contributed by atoms with Gasteiger partial charge in [-0.1, -0.05) is 6.07 Å². The molecule has 0 radical (unpaired) electrons. The maximum absolute atomic E-state index is 12.5. The van der Waals surface area contributed by atoms with Crippen LogP contribution in [0.4, 0.5) is 17.2 Å². The van der Waals surface area contributed by atoms with Crippen LogP contribution in [-0.2, 0) is 10.0 Å². The summed E-state index contributed by atoms with van der Waals surface area (Å²) in [5.74, 6) is -0.340. The maximum Gasteiger partial charge on any atom is 0.270 e. The second-order valence-corrected chi connectivity index (χ2v) is 7.52. The zero-order valence-corrected chi connectivity index (χ0v) is 16.3. The van der Waals surface area contributed by atoms with Crippen LogP contribution in [-0.4, -0.2) is 36.3 Å². The third-order valence-electron chi connectivity index (χ3n) is 3.83. The molecule has 1 aromatic heterocycles. The van der Waals surface area contributed by atoms with Crippen LogP contribution in [0.5, 0.6) is 5.88 Å². The van der Waals surface area contributed by atoms with Crippen molar-refractivity contribution < 1.29 is 22.9 Å². The van der Waals surface area contributed by atoms with Crippen molar-refractivity contribution in [2.24, 2.45) is 0 Å². The normalized spacial score (nSPS) is 10.8. The number of aromatic nitrogens is 2. The van der Waals surface area contributed by atoms with Crippen molar-refractivity contribution in [1.82, 2.24) is 9.97 Å². The third-order valence-corrected chi connectivity index (χ3v) is 5.20. The molecule has 0 saturated carbocycles. The highest BCUT2D eigenvalue weighted by molar-refractivity contribution is 7.92. The highest BCUT2D eigenvalue weighted by atomic mass is 32.2. The molecule has 30 heavy (non-hydrogen) atoms. The van der Waals surface area contributed by atoms with E-state index in [1.54, 1.807) is 0 Å². The summed E-state index contributed by atoms with van der Waals surface area (Å²) in [6.45, 7) is 0. The van der Waals surface area contributed by atoms with Gasteiger partial charge in [0, 0.05) is 29.4 Å².